The summed E-state index contributed by atoms with van der Waals surface area (Å²) in [6.45, 7) is 9.14. The second-order valence-electron chi connectivity index (χ2n) is 7.37. The van der Waals surface area contributed by atoms with Gasteiger partial charge in [0.2, 0.25) is 0 Å². The summed E-state index contributed by atoms with van der Waals surface area (Å²) in [6.07, 6.45) is 3.29. The minimum Gasteiger partial charge on any atom is -0.396 e. The van der Waals surface area contributed by atoms with E-state index in [1.807, 2.05) is 0 Å². The van der Waals surface area contributed by atoms with Crippen molar-refractivity contribution < 1.29 is 5.11 Å². The van der Waals surface area contributed by atoms with Gasteiger partial charge in [0.15, 0.2) is 0 Å². The van der Waals surface area contributed by atoms with Gasteiger partial charge in [-0.3, -0.25) is 0 Å². The largest absolute Gasteiger partial charge is 0.396 e. The van der Waals surface area contributed by atoms with E-state index < -0.39 is 0 Å². The maximum Gasteiger partial charge on any atom is 0.0446 e. The molecular formula is C18H29NO. The van der Waals surface area contributed by atoms with E-state index in [0.717, 1.165) is 6.42 Å². The van der Waals surface area contributed by atoms with Crippen LogP contribution in [0.2, 0.25) is 0 Å². The van der Waals surface area contributed by atoms with Crippen molar-refractivity contribution in [1.82, 2.24) is 5.32 Å². The Morgan fingerprint density at radius 3 is 2.30 bits per heavy atom. The highest BCUT2D eigenvalue weighted by atomic mass is 16.3. The van der Waals surface area contributed by atoms with Crippen LogP contribution in [0, 0.1) is 12.3 Å². The third kappa shape index (κ3) is 3.83. The van der Waals surface area contributed by atoms with Gasteiger partial charge in [0.25, 0.3) is 0 Å². The molecule has 1 saturated carbocycles. The number of benzene rings is 1. The van der Waals surface area contributed by atoms with Crippen LogP contribution in [0.3, 0.4) is 0 Å². The van der Waals surface area contributed by atoms with Crippen LogP contribution < -0.4 is 5.32 Å². The minimum absolute atomic E-state index is 0.206. The molecule has 0 aromatic heterocycles. The van der Waals surface area contributed by atoms with E-state index in [4.69, 9.17) is 0 Å². The monoisotopic (exact) mass is 275 g/mol. The van der Waals surface area contributed by atoms with Crippen molar-refractivity contribution >= 4 is 0 Å². The van der Waals surface area contributed by atoms with Crippen LogP contribution in [-0.2, 0) is 0 Å². The van der Waals surface area contributed by atoms with Crippen LogP contribution in [-0.4, -0.2) is 23.8 Å². The SMILES string of the molecule is Cc1ccc(C2CC(NC(CCO)C(C)(C)C)C2)cc1. The zero-order chi connectivity index (χ0) is 14.8. The van der Waals surface area contributed by atoms with Gasteiger partial charge in [-0.2, -0.15) is 0 Å². The van der Waals surface area contributed by atoms with Crippen LogP contribution in [0.1, 0.15) is 57.1 Å². The van der Waals surface area contributed by atoms with Crippen LogP contribution >= 0.6 is 0 Å². The van der Waals surface area contributed by atoms with Gasteiger partial charge in [0.05, 0.1) is 0 Å². The maximum atomic E-state index is 9.22. The Morgan fingerprint density at radius 1 is 1.20 bits per heavy atom. The molecule has 0 bridgehead atoms. The molecule has 1 atom stereocenters. The Morgan fingerprint density at radius 2 is 1.80 bits per heavy atom. The predicted molar refractivity (Wildman–Crippen MR) is 85.0 cm³/mol. The maximum absolute atomic E-state index is 9.22. The Balaban J connectivity index is 1.85. The van der Waals surface area contributed by atoms with Crippen LogP contribution in [0.25, 0.3) is 0 Å². The molecule has 0 aliphatic heterocycles. The highest BCUT2D eigenvalue weighted by Crippen LogP contribution is 2.38. The lowest BCUT2D eigenvalue weighted by molar-refractivity contribution is 0.157. The summed E-state index contributed by atoms with van der Waals surface area (Å²) in [5.74, 6) is 0.711. The average Bonchev–Trinajstić information content (AvgIpc) is 2.32. The average molecular weight is 275 g/mol. The first kappa shape index (κ1) is 15.5. The predicted octanol–water partition coefficient (Wildman–Crippen LogP) is 3.63. The van der Waals surface area contributed by atoms with E-state index in [9.17, 15) is 5.11 Å². The molecule has 0 heterocycles. The molecule has 2 N–H and O–H groups in total. The highest BCUT2D eigenvalue weighted by molar-refractivity contribution is 5.26. The Labute approximate surface area is 123 Å². The second-order valence-corrected chi connectivity index (χ2v) is 7.37. The first-order valence-corrected chi connectivity index (χ1v) is 7.83. The van der Waals surface area contributed by atoms with Crippen LogP contribution in [0.5, 0.6) is 0 Å². The molecule has 0 saturated heterocycles. The van der Waals surface area contributed by atoms with Gasteiger partial charge >= 0.3 is 0 Å². The number of nitrogens with one attached hydrogen (secondary N) is 1. The van der Waals surface area contributed by atoms with E-state index in [0.29, 0.717) is 18.0 Å². The number of rotatable bonds is 5. The molecule has 0 spiro atoms. The molecule has 1 aliphatic rings. The summed E-state index contributed by atoms with van der Waals surface area (Å²) in [5.41, 5.74) is 3.01. The molecule has 2 rings (SSSR count). The smallest absolute Gasteiger partial charge is 0.0446 e. The second kappa shape index (κ2) is 6.28. The summed E-state index contributed by atoms with van der Waals surface area (Å²) in [5, 5.41) is 13.0. The fourth-order valence-corrected chi connectivity index (χ4v) is 3.04. The Kier molecular flexibility index (Phi) is 4.87. The van der Waals surface area contributed by atoms with Crippen molar-refractivity contribution in [2.45, 2.75) is 65.0 Å². The Bertz CT molecular complexity index is 412. The van der Waals surface area contributed by atoms with Crippen molar-refractivity contribution in [3.63, 3.8) is 0 Å². The van der Waals surface area contributed by atoms with Crippen molar-refractivity contribution in [2.75, 3.05) is 6.61 Å². The molecule has 0 radical (unpaired) electrons. The zero-order valence-corrected chi connectivity index (χ0v) is 13.3. The van der Waals surface area contributed by atoms with E-state index in [1.165, 1.54) is 24.0 Å². The van der Waals surface area contributed by atoms with E-state index in [2.05, 4.69) is 57.3 Å². The van der Waals surface area contributed by atoms with E-state index >= 15 is 0 Å². The highest BCUT2D eigenvalue weighted by Gasteiger charge is 2.34. The molecule has 0 amide bonds. The summed E-state index contributed by atoms with van der Waals surface area (Å²) < 4.78 is 0. The fraction of sp³-hybridized carbons (Fsp3) is 0.667. The molecule has 1 aromatic rings. The quantitative estimate of drug-likeness (QED) is 0.860. The third-order valence-electron chi connectivity index (χ3n) is 4.59. The van der Waals surface area contributed by atoms with Gasteiger partial charge in [-0.15, -0.1) is 0 Å². The van der Waals surface area contributed by atoms with Crippen LogP contribution in [0.4, 0.5) is 0 Å². The lowest BCUT2D eigenvalue weighted by Gasteiger charge is -2.42. The van der Waals surface area contributed by atoms with Crippen LogP contribution in [0.15, 0.2) is 24.3 Å². The minimum atomic E-state index is 0.206. The molecule has 2 nitrogen and oxygen atoms in total. The summed E-state index contributed by atoms with van der Waals surface area (Å²) >= 11 is 0. The third-order valence-corrected chi connectivity index (χ3v) is 4.59. The standard InChI is InChI=1S/C18H29NO/c1-13-5-7-14(8-6-13)15-11-16(12-15)19-17(9-10-20)18(2,3)4/h5-8,15-17,19-20H,9-12H2,1-4H3. The lowest BCUT2D eigenvalue weighted by atomic mass is 9.74. The molecule has 20 heavy (non-hydrogen) atoms. The van der Waals surface area contributed by atoms with Gasteiger partial charge in [-0.25, -0.2) is 0 Å². The topological polar surface area (TPSA) is 32.3 Å². The number of aryl methyl sites for hydroxylation is 1. The van der Waals surface area contributed by atoms with Gasteiger partial charge in [-0.1, -0.05) is 50.6 Å². The molecule has 112 valence electrons. The normalized spacial score (nSPS) is 24.2. The fourth-order valence-electron chi connectivity index (χ4n) is 3.04. The Hall–Kier alpha value is -0.860. The summed E-state index contributed by atoms with van der Waals surface area (Å²) in [7, 11) is 0. The molecule has 1 aromatic carbocycles. The van der Waals surface area contributed by atoms with Gasteiger partial charge in [0.1, 0.15) is 0 Å². The van der Waals surface area contributed by atoms with Gasteiger partial charge in [0, 0.05) is 18.7 Å². The van der Waals surface area contributed by atoms with Crippen molar-refractivity contribution in [2.24, 2.45) is 5.41 Å². The van der Waals surface area contributed by atoms with Crippen molar-refractivity contribution in [3.8, 4) is 0 Å². The zero-order valence-electron chi connectivity index (χ0n) is 13.3. The lowest BCUT2D eigenvalue weighted by Crippen LogP contribution is -2.50. The van der Waals surface area contributed by atoms with E-state index in [1.54, 1.807) is 0 Å². The summed E-state index contributed by atoms with van der Waals surface area (Å²) in [6, 6.07) is 9.96. The first-order valence-electron chi connectivity index (χ1n) is 7.83. The molecule has 1 unspecified atom stereocenters. The summed E-state index contributed by atoms with van der Waals surface area (Å²) in [4.78, 5) is 0. The first-order chi connectivity index (χ1) is 9.40. The molecular weight excluding hydrogens is 246 g/mol. The van der Waals surface area contributed by atoms with Gasteiger partial charge < -0.3 is 10.4 Å². The van der Waals surface area contributed by atoms with E-state index in [-0.39, 0.29) is 12.0 Å². The van der Waals surface area contributed by atoms with Crippen molar-refractivity contribution in [1.29, 1.82) is 0 Å². The number of aliphatic hydroxyl groups excluding tert-OH is 1. The van der Waals surface area contributed by atoms with Crippen molar-refractivity contribution in [3.05, 3.63) is 35.4 Å². The number of aliphatic hydroxyl groups is 1. The number of hydrogen-bond acceptors (Lipinski definition) is 2. The molecule has 1 aliphatic carbocycles. The molecule has 1 fully saturated rings. The number of hydrogen-bond donors (Lipinski definition) is 2. The van der Waals surface area contributed by atoms with Gasteiger partial charge in [-0.05, 0) is 43.1 Å². The molecule has 2 heteroatoms.